The van der Waals surface area contributed by atoms with Crippen molar-refractivity contribution in [2.24, 2.45) is 0 Å². The van der Waals surface area contributed by atoms with Gasteiger partial charge in [0.15, 0.2) is 0 Å². The van der Waals surface area contributed by atoms with Gasteiger partial charge in [0.2, 0.25) is 0 Å². The Morgan fingerprint density at radius 1 is 1.50 bits per heavy atom. The summed E-state index contributed by atoms with van der Waals surface area (Å²) in [7, 11) is 0. The molecule has 100 valence electrons. The van der Waals surface area contributed by atoms with Gasteiger partial charge in [-0.15, -0.1) is 0 Å². The Balaban J connectivity index is 3.21. The molecule has 0 heterocycles. The summed E-state index contributed by atoms with van der Waals surface area (Å²) in [6.45, 7) is 1.61. The van der Waals surface area contributed by atoms with Crippen LogP contribution in [0.1, 0.15) is 13.3 Å². The van der Waals surface area contributed by atoms with Gasteiger partial charge in [-0.05, 0) is 0 Å². The van der Waals surface area contributed by atoms with Crippen LogP contribution in [0.5, 0.6) is 5.75 Å². The molecule has 0 aromatic heterocycles. The third-order valence-corrected chi connectivity index (χ3v) is 4.08. The molecule has 0 saturated heterocycles. The van der Waals surface area contributed by atoms with Crippen molar-refractivity contribution >= 4 is 24.2 Å². The van der Waals surface area contributed by atoms with Crippen LogP contribution in [0.25, 0.3) is 0 Å². The average Bonchev–Trinajstić information content (AvgIpc) is 2.27. The second-order valence-electron chi connectivity index (χ2n) is 3.43. The molecule has 0 aliphatic rings. The summed E-state index contributed by atoms with van der Waals surface area (Å²) < 4.78 is 33.5. The van der Waals surface area contributed by atoms with E-state index in [-0.39, 0.29) is 12.2 Å². The zero-order valence-electron chi connectivity index (χ0n) is 9.39. The van der Waals surface area contributed by atoms with Gasteiger partial charge in [0.25, 0.3) is 0 Å². The number of aliphatic hydroxyl groups excluding tert-OH is 1. The average molecular weight is 321 g/mol. The first kappa shape index (κ1) is 14.7. The van der Waals surface area contributed by atoms with Crippen molar-refractivity contribution < 1.29 is 26.7 Å². The van der Waals surface area contributed by atoms with E-state index in [0.717, 1.165) is 18.2 Å². The standard InChI is InChI=1S/C9H12AsNO7/c1-2-9(12)18-8-4-3-6(10(13,14)15)5-7(8)11(16)17/h3-5,9,12H,2H2,1H3,(H2,13,14,15). The molecule has 3 N–H and O–H groups in total. The Morgan fingerprint density at radius 3 is 2.56 bits per heavy atom. The van der Waals surface area contributed by atoms with E-state index >= 15 is 0 Å². The fourth-order valence-corrected chi connectivity index (χ4v) is 2.33. The monoisotopic (exact) mass is 321 g/mol. The van der Waals surface area contributed by atoms with Gasteiger partial charge in [-0.25, -0.2) is 0 Å². The van der Waals surface area contributed by atoms with E-state index in [1.807, 2.05) is 0 Å². The number of benzene rings is 1. The molecule has 0 aliphatic carbocycles. The van der Waals surface area contributed by atoms with Gasteiger partial charge in [-0.1, -0.05) is 0 Å². The zero-order chi connectivity index (χ0) is 13.9. The second kappa shape index (κ2) is 5.53. The summed E-state index contributed by atoms with van der Waals surface area (Å²) in [6, 6.07) is 2.87. The minimum atomic E-state index is -5.19. The van der Waals surface area contributed by atoms with Gasteiger partial charge in [0.1, 0.15) is 0 Å². The van der Waals surface area contributed by atoms with E-state index in [0.29, 0.717) is 0 Å². The molecule has 0 saturated carbocycles. The SMILES string of the molecule is CCC(O)Oc1ccc([As](=O)(O)O)cc1[N+](=O)[O-]. The molecule has 0 aliphatic heterocycles. The van der Waals surface area contributed by atoms with Gasteiger partial charge < -0.3 is 0 Å². The van der Waals surface area contributed by atoms with Gasteiger partial charge in [0, 0.05) is 0 Å². The Labute approximate surface area is 105 Å². The van der Waals surface area contributed by atoms with E-state index in [4.69, 9.17) is 12.9 Å². The fourth-order valence-electron chi connectivity index (χ4n) is 1.16. The Morgan fingerprint density at radius 2 is 2.11 bits per heavy atom. The van der Waals surface area contributed by atoms with Crippen LogP contribution in [-0.2, 0) is 3.74 Å². The van der Waals surface area contributed by atoms with Crippen molar-refractivity contribution in [2.45, 2.75) is 19.6 Å². The summed E-state index contributed by atoms with van der Waals surface area (Å²) in [4.78, 5) is 9.94. The van der Waals surface area contributed by atoms with Crippen molar-refractivity contribution in [3.05, 3.63) is 28.3 Å². The topological polar surface area (TPSA) is 130 Å². The fraction of sp³-hybridized carbons (Fsp3) is 0.333. The van der Waals surface area contributed by atoms with Gasteiger partial charge in [-0.2, -0.15) is 0 Å². The first-order valence-corrected chi connectivity index (χ1v) is 8.33. The van der Waals surface area contributed by atoms with Crippen molar-refractivity contribution in [2.75, 3.05) is 0 Å². The first-order valence-electron chi connectivity index (χ1n) is 4.95. The minimum absolute atomic E-state index is 0.223. The number of nitrogens with zero attached hydrogens (tertiary/aromatic N) is 1. The number of ether oxygens (including phenoxy) is 1. The molecule has 18 heavy (non-hydrogen) atoms. The van der Waals surface area contributed by atoms with E-state index in [1.54, 1.807) is 6.92 Å². The molecule has 0 fully saturated rings. The Kier molecular flexibility index (Phi) is 4.52. The summed E-state index contributed by atoms with van der Waals surface area (Å²) in [6.07, 6.45) is -0.990. The van der Waals surface area contributed by atoms with Crippen molar-refractivity contribution in [1.82, 2.24) is 0 Å². The summed E-state index contributed by atoms with van der Waals surface area (Å²) >= 11 is -5.19. The summed E-state index contributed by atoms with van der Waals surface area (Å²) in [5.74, 6) is -0.234. The zero-order valence-corrected chi connectivity index (χ0v) is 11.3. The van der Waals surface area contributed by atoms with E-state index in [9.17, 15) is 19.0 Å². The third-order valence-electron chi connectivity index (χ3n) is 2.09. The number of nitro groups is 1. The molecule has 0 radical (unpaired) electrons. The molecule has 1 unspecified atom stereocenters. The number of hydrogen-bond acceptors (Lipinski definition) is 5. The predicted octanol–water partition coefficient (Wildman–Crippen LogP) is -0.737. The molecular formula is C9H12AsNO7. The molecule has 0 spiro atoms. The summed E-state index contributed by atoms with van der Waals surface area (Å²) in [5, 5.41) is 20.0. The summed E-state index contributed by atoms with van der Waals surface area (Å²) in [5.41, 5.74) is -0.593. The maximum atomic E-state index is 11.0. The maximum absolute atomic E-state index is 11.0. The molecule has 8 nitrogen and oxygen atoms in total. The van der Waals surface area contributed by atoms with Crippen LogP contribution in [-0.4, -0.2) is 38.7 Å². The van der Waals surface area contributed by atoms with E-state index in [2.05, 4.69) is 0 Å². The van der Waals surface area contributed by atoms with Crippen LogP contribution in [0.3, 0.4) is 0 Å². The van der Waals surface area contributed by atoms with Gasteiger partial charge >= 0.3 is 105 Å². The second-order valence-corrected chi connectivity index (χ2v) is 6.80. The van der Waals surface area contributed by atoms with E-state index < -0.39 is 35.4 Å². The van der Waals surface area contributed by atoms with Crippen LogP contribution in [0.2, 0.25) is 0 Å². The van der Waals surface area contributed by atoms with Gasteiger partial charge in [0.05, 0.1) is 0 Å². The van der Waals surface area contributed by atoms with Crippen LogP contribution in [0, 0.1) is 10.1 Å². The molecule has 1 rings (SSSR count). The Bertz CT molecular complexity index is 498. The quantitative estimate of drug-likeness (QED) is 0.282. The van der Waals surface area contributed by atoms with E-state index in [1.165, 1.54) is 0 Å². The number of rotatable bonds is 5. The molecular weight excluding hydrogens is 309 g/mol. The number of aliphatic hydroxyl groups is 1. The van der Waals surface area contributed by atoms with Crippen LogP contribution >= 0.6 is 0 Å². The van der Waals surface area contributed by atoms with Crippen molar-refractivity contribution in [1.29, 1.82) is 0 Å². The third kappa shape index (κ3) is 3.57. The molecule has 1 aromatic carbocycles. The predicted molar refractivity (Wildman–Crippen MR) is 60.5 cm³/mol. The van der Waals surface area contributed by atoms with Crippen LogP contribution in [0.15, 0.2) is 18.2 Å². The molecule has 1 atom stereocenters. The number of hydrogen-bond donors (Lipinski definition) is 3. The van der Waals surface area contributed by atoms with Gasteiger partial charge in [-0.3, -0.25) is 0 Å². The number of nitro benzene ring substituents is 1. The molecule has 9 heteroatoms. The van der Waals surface area contributed by atoms with Crippen LogP contribution < -0.4 is 9.09 Å². The normalized spacial score (nSPS) is 13.1. The molecule has 0 bridgehead atoms. The van der Waals surface area contributed by atoms with Crippen molar-refractivity contribution in [3.63, 3.8) is 0 Å². The van der Waals surface area contributed by atoms with Crippen molar-refractivity contribution in [3.8, 4) is 5.75 Å². The first-order chi connectivity index (χ1) is 8.25. The Hall–Kier alpha value is -1.34. The molecule has 0 amide bonds. The van der Waals surface area contributed by atoms with Crippen LogP contribution in [0.4, 0.5) is 5.69 Å². The molecule has 1 aromatic rings.